The SMILES string of the molecule is [B]C1=C(c2ccc(OC)c(C#N)c2)OC(C)(C)C1=O. The summed E-state index contributed by atoms with van der Waals surface area (Å²) in [7, 11) is 7.27. The highest BCUT2D eigenvalue weighted by atomic mass is 16.5. The van der Waals surface area contributed by atoms with Crippen LogP contribution in [0.25, 0.3) is 5.76 Å². The van der Waals surface area contributed by atoms with Crippen molar-refractivity contribution in [3.8, 4) is 11.8 Å². The highest BCUT2D eigenvalue weighted by Gasteiger charge is 2.39. The van der Waals surface area contributed by atoms with Crippen LogP contribution >= 0.6 is 0 Å². The number of ether oxygens (including phenoxy) is 2. The summed E-state index contributed by atoms with van der Waals surface area (Å²) in [6.07, 6.45) is 0. The zero-order chi connectivity index (χ0) is 14.2. The number of ketones is 1. The van der Waals surface area contributed by atoms with E-state index in [0.29, 0.717) is 22.6 Å². The molecule has 0 amide bonds. The number of rotatable bonds is 2. The molecular formula is C14H12BNO3. The number of methoxy groups -OCH3 is 1. The van der Waals surface area contributed by atoms with E-state index in [1.807, 2.05) is 6.07 Å². The monoisotopic (exact) mass is 253 g/mol. The first-order valence-corrected chi connectivity index (χ1v) is 5.73. The summed E-state index contributed by atoms with van der Waals surface area (Å²) in [5, 5.41) is 9.05. The third-order valence-corrected chi connectivity index (χ3v) is 2.98. The Bertz CT molecular complexity index is 626. The molecule has 0 N–H and O–H groups in total. The average molecular weight is 253 g/mol. The standard InChI is InChI=1S/C14H12BNO3/c1-14(2)13(17)11(15)12(19-14)8-4-5-10(18-3)9(6-8)7-16/h4-6H,1-3H3. The van der Waals surface area contributed by atoms with E-state index < -0.39 is 5.60 Å². The van der Waals surface area contributed by atoms with Gasteiger partial charge in [-0.15, -0.1) is 0 Å². The maximum absolute atomic E-state index is 11.9. The highest BCUT2D eigenvalue weighted by Crippen LogP contribution is 2.36. The molecule has 2 rings (SSSR count). The zero-order valence-electron chi connectivity index (χ0n) is 11.0. The van der Waals surface area contributed by atoms with Crippen LogP contribution in [0.5, 0.6) is 5.75 Å². The molecule has 0 saturated carbocycles. The fourth-order valence-corrected chi connectivity index (χ4v) is 1.93. The maximum atomic E-state index is 11.9. The first kappa shape index (κ1) is 13.2. The predicted molar refractivity (Wildman–Crippen MR) is 70.6 cm³/mol. The molecule has 0 unspecified atom stereocenters. The summed E-state index contributed by atoms with van der Waals surface area (Å²) >= 11 is 0. The van der Waals surface area contributed by atoms with Crippen LogP contribution in [0.15, 0.2) is 23.7 Å². The first-order valence-electron chi connectivity index (χ1n) is 5.73. The van der Waals surface area contributed by atoms with Gasteiger partial charge in [-0.1, -0.05) is 0 Å². The Morgan fingerprint density at radius 2 is 2.11 bits per heavy atom. The number of nitrogens with zero attached hydrogens (tertiary/aromatic N) is 1. The Hall–Kier alpha value is -2.22. The first-order chi connectivity index (χ1) is 8.90. The van der Waals surface area contributed by atoms with Crippen molar-refractivity contribution >= 4 is 19.4 Å². The van der Waals surface area contributed by atoms with Gasteiger partial charge in [0.25, 0.3) is 0 Å². The lowest BCUT2D eigenvalue weighted by Crippen LogP contribution is -2.29. The maximum Gasteiger partial charge on any atom is 0.195 e. The van der Waals surface area contributed by atoms with Gasteiger partial charge in [-0.3, -0.25) is 4.79 Å². The molecule has 0 bridgehead atoms. The molecule has 0 aliphatic carbocycles. The summed E-state index contributed by atoms with van der Waals surface area (Å²) < 4.78 is 10.7. The van der Waals surface area contributed by atoms with Gasteiger partial charge in [0.2, 0.25) is 0 Å². The number of carbonyl (C=O) groups excluding carboxylic acids is 1. The molecule has 0 saturated heterocycles. The topological polar surface area (TPSA) is 59.3 Å². The van der Waals surface area contributed by atoms with E-state index in [2.05, 4.69) is 0 Å². The number of benzene rings is 1. The van der Waals surface area contributed by atoms with Crippen molar-refractivity contribution < 1.29 is 14.3 Å². The van der Waals surface area contributed by atoms with Gasteiger partial charge in [-0.25, -0.2) is 0 Å². The van der Waals surface area contributed by atoms with Crippen molar-refractivity contribution in [3.63, 3.8) is 0 Å². The Labute approximate surface area is 113 Å². The molecule has 0 fully saturated rings. The molecule has 94 valence electrons. The molecule has 0 aromatic heterocycles. The van der Waals surface area contributed by atoms with Crippen LogP contribution in [-0.2, 0) is 9.53 Å². The van der Waals surface area contributed by atoms with Crippen molar-refractivity contribution in [3.05, 3.63) is 34.8 Å². The van der Waals surface area contributed by atoms with Gasteiger partial charge in [-0.2, -0.15) is 5.26 Å². The van der Waals surface area contributed by atoms with Crippen molar-refractivity contribution in [1.82, 2.24) is 0 Å². The third kappa shape index (κ3) is 2.10. The lowest BCUT2D eigenvalue weighted by molar-refractivity contribution is -0.126. The smallest absolute Gasteiger partial charge is 0.195 e. The molecule has 0 atom stereocenters. The van der Waals surface area contributed by atoms with Gasteiger partial charge >= 0.3 is 0 Å². The molecule has 1 aromatic rings. The quantitative estimate of drug-likeness (QED) is 0.754. The number of carbonyl (C=O) groups is 1. The van der Waals surface area contributed by atoms with E-state index in [1.165, 1.54) is 7.11 Å². The summed E-state index contributed by atoms with van der Waals surface area (Å²) in [6, 6.07) is 6.97. The van der Waals surface area contributed by atoms with Crippen molar-refractivity contribution in [2.45, 2.75) is 19.4 Å². The molecule has 1 aromatic carbocycles. The van der Waals surface area contributed by atoms with Crippen molar-refractivity contribution in [2.75, 3.05) is 7.11 Å². The summed E-state index contributed by atoms with van der Waals surface area (Å²) in [6.45, 7) is 3.31. The predicted octanol–water partition coefficient (Wildman–Crippen LogP) is 1.78. The van der Waals surface area contributed by atoms with Gasteiger partial charge in [-0.05, 0) is 37.5 Å². The molecule has 0 spiro atoms. The van der Waals surface area contributed by atoms with Crippen LogP contribution in [0.2, 0.25) is 0 Å². The largest absolute Gasteiger partial charge is 0.495 e. The number of hydrogen-bond donors (Lipinski definition) is 0. The van der Waals surface area contributed by atoms with E-state index in [-0.39, 0.29) is 11.3 Å². The van der Waals surface area contributed by atoms with Gasteiger partial charge in [0.05, 0.1) is 12.7 Å². The van der Waals surface area contributed by atoms with E-state index in [9.17, 15) is 4.79 Å². The van der Waals surface area contributed by atoms with Crippen molar-refractivity contribution in [1.29, 1.82) is 5.26 Å². The van der Waals surface area contributed by atoms with E-state index in [0.717, 1.165) is 0 Å². The third-order valence-electron chi connectivity index (χ3n) is 2.98. The van der Waals surface area contributed by atoms with E-state index in [1.54, 1.807) is 32.0 Å². The lowest BCUT2D eigenvalue weighted by Gasteiger charge is -2.18. The van der Waals surface area contributed by atoms with Crippen LogP contribution in [0, 0.1) is 11.3 Å². The fourth-order valence-electron chi connectivity index (χ4n) is 1.93. The van der Waals surface area contributed by atoms with Gasteiger partial charge in [0, 0.05) is 5.56 Å². The van der Waals surface area contributed by atoms with E-state index in [4.69, 9.17) is 22.6 Å². The number of Topliss-reactive ketones (excluding diaryl/α,β-unsaturated/α-hetero) is 1. The average Bonchev–Trinajstić information content (AvgIpc) is 2.61. The molecule has 19 heavy (non-hydrogen) atoms. The summed E-state index contributed by atoms with van der Waals surface area (Å²) in [5.74, 6) is 0.528. The Balaban J connectivity index is 2.50. The minimum atomic E-state index is -0.966. The summed E-state index contributed by atoms with van der Waals surface area (Å²) in [5.41, 5.74) is 0.0699. The van der Waals surface area contributed by atoms with Crippen LogP contribution in [-0.4, -0.2) is 26.3 Å². The molecule has 1 aliphatic heterocycles. The highest BCUT2D eigenvalue weighted by molar-refractivity contribution is 6.42. The molecule has 4 nitrogen and oxygen atoms in total. The number of hydrogen-bond acceptors (Lipinski definition) is 4. The minimum absolute atomic E-state index is 0.0825. The molecule has 5 heteroatoms. The fraction of sp³-hybridized carbons (Fsp3) is 0.286. The summed E-state index contributed by atoms with van der Waals surface area (Å²) in [4.78, 5) is 11.9. The Morgan fingerprint density at radius 3 is 2.58 bits per heavy atom. The molecule has 1 aliphatic rings. The van der Waals surface area contributed by atoms with Crippen LogP contribution < -0.4 is 4.74 Å². The van der Waals surface area contributed by atoms with Gasteiger partial charge < -0.3 is 9.47 Å². The zero-order valence-corrected chi connectivity index (χ0v) is 11.0. The molecular weight excluding hydrogens is 241 g/mol. The second-order valence-corrected chi connectivity index (χ2v) is 4.71. The molecule has 1 heterocycles. The molecule has 2 radical (unpaired) electrons. The van der Waals surface area contributed by atoms with Crippen molar-refractivity contribution in [2.24, 2.45) is 0 Å². The number of nitriles is 1. The van der Waals surface area contributed by atoms with Gasteiger partial charge in [0.15, 0.2) is 11.4 Å². The Kier molecular flexibility index (Phi) is 3.11. The second kappa shape index (κ2) is 4.47. The lowest BCUT2D eigenvalue weighted by atomic mass is 9.84. The van der Waals surface area contributed by atoms with E-state index >= 15 is 0 Å². The van der Waals surface area contributed by atoms with Crippen LogP contribution in [0.4, 0.5) is 0 Å². The van der Waals surface area contributed by atoms with Crippen LogP contribution in [0.1, 0.15) is 25.0 Å². The van der Waals surface area contributed by atoms with Gasteiger partial charge in [0.1, 0.15) is 25.4 Å². The second-order valence-electron chi connectivity index (χ2n) is 4.71. The minimum Gasteiger partial charge on any atom is -0.495 e. The normalized spacial score (nSPS) is 17.1. The Morgan fingerprint density at radius 1 is 1.42 bits per heavy atom. The van der Waals surface area contributed by atoms with Crippen LogP contribution in [0.3, 0.4) is 0 Å².